The third-order valence-corrected chi connectivity index (χ3v) is 5.62. The largest absolute Gasteiger partial charge is 0.460 e. The van der Waals surface area contributed by atoms with Crippen molar-refractivity contribution < 1.29 is 40.6 Å². The van der Waals surface area contributed by atoms with Gasteiger partial charge in [-0.05, 0) is 32.9 Å². The van der Waals surface area contributed by atoms with Gasteiger partial charge in [-0.1, -0.05) is 0 Å². The monoisotopic (exact) mass is 545 g/mol. The third kappa shape index (κ3) is 5.71. The van der Waals surface area contributed by atoms with Crippen LogP contribution in [0.2, 0.25) is 0 Å². The van der Waals surface area contributed by atoms with Crippen LogP contribution in [0.15, 0.2) is 29.2 Å². The summed E-state index contributed by atoms with van der Waals surface area (Å²) in [5, 5.41) is -0.584. The molecule has 1 amide bonds. The van der Waals surface area contributed by atoms with Crippen LogP contribution in [-0.2, 0) is 10.9 Å². The van der Waals surface area contributed by atoms with Crippen molar-refractivity contribution in [3.05, 3.63) is 57.4 Å². The standard InChI is InChI=1S/C23H21F6N5O4/c1-10-8-34(9-11(2)37-10)21(36)13-4-5-16(30-7-13)38-18(23(27,28)29)14-6-15-19(31-12(3)32-20(15)35)33-17(14)22(24,25)26/h4-7,10-11,18H,8-9H2,1-3H3,(H,31,32,33,35). The van der Waals surface area contributed by atoms with Gasteiger partial charge in [-0.25, -0.2) is 15.0 Å². The number of hydrogen-bond donors (Lipinski definition) is 1. The molecule has 0 aromatic carbocycles. The van der Waals surface area contributed by atoms with E-state index in [1.807, 2.05) is 0 Å². The van der Waals surface area contributed by atoms with Crippen molar-refractivity contribution in [3.63, 3.8) is 0 Å². The lowest BCUT2D eigenvalue weighted by Crippen LogP contribution is -2.48. The van der Waals surface area contributed by atoms with E-state index in [0.29, 0.717) is 19.2 Å². The third-order valence-electron chi connectivity index (χ3n) is 5.62. The van der Waals surface area contributed by atoms with Gasteiger partial charge in [0.2, 0.25) is 12.0 Å². The summed E-state index contributed by atoms with van der Waals surface area (Å²) in [5.74, 6) is -1.21. The molecule has 0 bridgehead atoms. The number of fused-ring (bicyclic) bond motifs is 1. The molecule has 3 unspecified atom stereocenters. The molecule has 1 saturated heterocycles. The fourth-order valence-electron chi connectivity index (χ4n) is 4.15. The molecule has 9 nitrogen and oxygen atoms in total. The molecule has 204 valence electrons. The molecule has 4 rings (SSSR count). The van der Waals surface area contributed by atoms with Gasteiger partial charge in [-0.2, -0.15) is 26.3 Å². The molecule has 0 aliphatic carbocycles. The highest BCUT2D eigenvalue weighted by Crippen LogP contribution is 2.42. The maximum Gasteiger partial charge on any atom is 0.433 e. The van der Waals surface area contributed by atoms with Crippen molar-refractivity contribution in [2.45, 2.75) is 51.4 Å². The number of carbonyl (C=O) groups is 1. The van der Waals surface area contributed by atoms with E-state index in [-0.39, 0.29) is 23.6 Å². The Hall–Kier alpha value is -3.75. The Morgan fingerprint density at radius 3 is 2.34 bits per heavy atom. The van der Waals surface area contributed by atoms with Crippen LogP contribution in [0.25, 0.3) is 11.0 Å². The lowest BCUT2D eigenvalue weighted by molar-refractivity contribution is -0.201. The predicted molar refractivity (Wildman–Crippen MR) is 119 cm³/mol. The van der Waals surface area contributed by atoms with Crippen molar-refractivity contribution in [2.24, 2.45) is 0 Å². The summed E-state index contributed by atoms with van der Waals surface area (Å²) in [7, 11) is 0. The molecule has 1 aliphatic heterocycles. The first-order chi connectivity index (χ1) is 17.6. The molecule has 38 heavy (non-hydrogen) atoms. The van der Waals surface area contributed by atoms with Crippen molar-refractivity contribution in [1.29, 1.82) is 0 Å². The Labute approximate surface area is 210 Å². The van der Waals surface area contributed by atoms with Crippen LogP contribution in [0.3, 0.4) is 0 Å². The molecule has 3 aromatic rings. The number of amides is 1. The average Bonchev–Trinajstić information content (AvgIpc) is 2.80. The minimum absolute atomic E-state index is 0.0403. The Balaban J connectivity index is 1.70. The van der Waals surface area contributed by atoms with E-state index >= 15 is 0 Å². The average molecular weight is 545 g/mol. The predicted octanol–water partition coefficient (Wildman–Crippen LogP) is 3.97. The number of rotatable bonds is 4. The van der Waals surface area contributed by atoms with Gasteiger partial charge in [-0.3, -0.25) is 9.59 Å². The Morgan fingerprint density at radius 2 is 1.79 bits per heavy atom. The van der Waals surface area contributed by atoms with Crippen LogP contribution in [0, 0.1) is 6.92 Å². The molecule has 1 N–H and O–H groups in total. The summed E-state index contributed by atoms with van der Waals surface area (Å²) < 4.78 is 93.8. The molecule has 0 spiro atoms. The fraction of sp³-hybridized carbons (Fsp3) is 0.435. The number of alkyl halides is 6. The SMILES string of the molecule is Cc1nc2nc(C(F)(F)F)c(C(Oc3ccc(C(=O)N4CC(C)OC(C)C4)cn3)C(F)(F)F)cc2c(=O)[nH]1. The molecule has 0 saturated carbocycles. The first kappa shape index (κ1) is 27.3. The molecular formula is C23H21F6N5O4. The summed E-state index contributed by atoms with van der Waals surface area (Å²) in [6, 6.07) is 2.51. The van der Waals surface area contributed by atoms with Crippen molar-refractivity contribution >= 4 is 16.9 Å². The Bertz CT molecular complexity index is 1400. The second kappa shape index (κ2) is 9.85. The number of H-pyrrole nitrogens is 1. The Morgan fingerprint density at radius 1 is 1.13 bits per heavy atom. The van der Waals surface area contributed by atoms with Crippen LogP contribution in [0.4, 0.5) is 26.3 Å². The molecule has 0 radical (unpaired) electrons. The van der Waals surface area contributed by atoms with Gasteiger partial charge >= 0.3 is 12.4 Å². The fourth-order valence-corrected chi connectivity index (χ4v) is 4.15. The number of aromatic nitrogens is 4. The molecule has 4 heterocycles. The van der Waals surface area contributed by atoms with Gasteiger partial charge in [0, 0.05) is 30.9 Å². The van der Waals surface area contributed by atoms with Crippen molar-refractivity contribution in [2.75, 3.05) is 13.1 Å². The van der Waals surface area contributed by atoms with E-state index in [9.17, 15) is 35.9 Å². The summed E-state index contributed by atoms with van der Waals surface area (Å²) in [4.78, 5) is 39.3. The second-order valence-corrected chi connectivity index (χ2v) is 8.84. The number of nitrogens with one attached hydrogen (secondary N) is 1. The van der Waals surface area contributed by atoms with Crippen molar-refractivity contribution in [3.8, 4) is 5.88 Å². The van der Waals surface area contributed by atoms with Crippen LogP contribution in [-0.4, -0.2) is 62.2 Å². The van der Waals surface area contributed by atoms with Crippen LogP contribution in [0.1, 0.15) is 47.4 Å². The van der Waals surface area contributed by atoms with Crippen LogP contribution < -0.4 is 10.3 Å². The van der Waals surface area contributed by atoms with E-state index in [1.54, 1.807) is 13.8 Å². The minimum atomic E-state index is -5.36. The van der Waals surface area contributed by atoms with E-state index in [1.165, 1.54) is 11.8 Å². The molecule has 1 fully saturated rings. The van der Waals surface area contributed by atoms with E-state index in [2.05, 4.69) is 19.9 Å². The molecule has 1 aliphatic rings. The smallest absolute Gasteiger partial charge is 0.433 e. The maximum atomic E-state index is 14.0. The summed E-state index contributed by atoms with van der Waals surface area (Å²) >= 11 is 0. The maximum absolute atomic E-state index is 14.0. The molecule has 15 heteroatoms. The highest BCUT2D eigenvalue weighted by atomic mass is 19.4. The number of pyridine rings is 2. The zero-order valence-electron chi connectivity index (χ0n) is 20.1. The van der Waals surface area contributed by atoms with Gasteiger partial charge in [0.15, 0.2) is 11.3 Å². The lowest BCUT2D eigenvalue weighted by Gasteiger charge is -2.35. The number of morpholine rings is 1. The highest BCUT2D eigenvalue weighted by molar-refractivity contribution is 5.94. The van der Waals surface area contributed by atoms with Gasteiger partial charge in [-0.15, -0.1) is 0 Å². The van der Waals surface area contributed by atoms with E-state index in [4.69, 9.17) is 9.47 Å². The first-order valence-electron chi connectivity index (χ1n) is 11.3. The van der Waals surface area contributed by atoms with Crippen LogP contribution >= 0.6 is 0 Å². The minimum Gasteiger partial charge on any atom is -0.460 e. The number of halogens is 6. The molecular weight excluding hydrogens is 524 g/mol. The van der Waals surface area contributed by atoms with E-state index < -0.39 is 58.1 Å². The summed E-state index contributed by atoms with van der Waals surface area (Å²) in [5.41, 5.74) is -4.95. The molecule has 3 atom stereocenters. The normalized spacial score (nSPS) is 19.4. The lowest BCUT2D eigenvalue weighted by atomic mass is 10.0. The second-order valence-electron chi connectivity index (χ2n) is 8.84. The topological polar surface area (TPSA) is 110 Å². The quantitative estimate of drug-likeness (QED) is 0.494. The van der Waals surface area contributed by atoms with Gasteiger partial charge < -0.3 is 19.4 Å². The van der Waals surface area contributed by atoms with E-state index in [0.717, 1.165) is 18.3 Å². The van der Waals surface area contributed by atoms with Gasteiger partial charge in [0.05, 0.1) is 23.2 Å². The number of carbonyl (C=O) groups excluding carboxylic acids is 1. The van der Waals surface area contributed by atoms with Crippen LogP contribution in [0.5, 0.6) is 5.88 Å². The highest BCUT2D eigenvalue weighted by Gasteiger charge is 2.49. The summed E-state index contributed by atoms with van der Waals surface area (Å²) in [6.45, 7) is 5.43. The number of hydrogen-bond acceptors (Lipinski definition) is 7. The Kier molecular flexibility index (Phi) is 7.07. The number of aryl methyl sites for hydroxylation is 1. The number of aromatic amines is 1. The van der Waals surface area contributed by atoms with Gasteiger partial charge in [0.1, 0.15) is 5.82 Å². The number of ether oxygens (including phenoxy) is 2. The zero-order valence-corrected chi connectivity index (χ0v) is 20.1. The number of nitrogens with zero attached hydrogens (tertiary/aromatic N) is 4. The zero-order chi connectivity index (χ0) is 28.0. The van der Waals surface area contributed by atoms with Gasteiger partial charge in [0.25, 0.3) is 11.5 Å². The summed E-state index contributed by atoms with van der Waals surface area (Å²) in [6.07, 6.45) is -13.4. The first-order valence-corrected chi connectivity index (χ1v) is 11.3. The molecule has 3 aromatic heterocycles. The van der Waals surface area contributed by atoms with Crippen molar-refractivity contribution in [1.82, 2.24) is 24.8 Å².